The summed E-state index contributed by atoms with van der Waals surface area (Å²) in [5.74, 6) is -0.833. The number of aromatic nitrogens is 2. The van der Waals surface area contributed by atoms with Crippen molar-refractivity contribution >= 4 is 39.3 Å². The highest BCUT2D eigenvalue weighted by molar-refractivity contribution is 7.91. The number of Topliss-reactive ketones (excluding diaryl/α,β-unsaturated/α-hetero) is 1. The van der Waals surface area contributed by atoms with E-state index in [1.807, 2.05) is 32.9 Å². The van der Waals surface area contributed by atoms with Gasteiger partial charge in [-0.15, -0.1) is 0 Å². The molecular formula is C22H25ClN2O5S. The highest BCUT2D eigenvalue weighted by atomic mass is 35.5. The Morgan fingerprint density at radius 1 is 1.23 bits per heavy atom. The fourth-order valence-corrected chi connectivity index (χ4v) is 6.03. The van der Waals surface area contributed by atoms with E-state index >= 15 is 0 Å². The van der Waals surface area contributed by atoms with E-state index in [-0.39, 0.29) is 35.1 Å². The molecule has 31 heavy (non-hydrogen) atoms. The van der Waals surface area contributed by atoms with E-state index in [0.29, 0.717) is 23.2 Å². The first kappa shape index (κ1) is 23.2. The molecule has 0 saturated carbocycles. The summed E-state index contributed by atoms with van der Waals surface area (Å²) in [6.07, 6.45) is 3.11. The lowest BCUT2D eigenvalue weighted by atomic mass is 9.97. The molecule has 1 fully saturated rings. The molecule has 3 rings (SSSR count). The molecule has 1 aliphatic rings. The highest BCUT2D eigenvalue weighted by Crippen LogP contribution is 2.30. The third-order valence-electron chi connectivity index (χ3n) is 5.31. The number of carbonyl (C=O) groups excluding carboxylic acids is 2. The Morgan fingerprint density at radius 3 is 2.45 bits per heavy atom. The zero-order chi connectivity index (χ0) is 22.9. The number of aryl methyl sites for hydroxylation is 4. The van der Waals surface area contributed by atoms with Gasteiger partial charge in [0, 0.05) is 17.2 Å². The van der Waals surface area contributed by atoms with E-state index in [4.69, 9.17) is 16.3 Å². The molecule has 0 radical (unpaired) electrons. The van der Waals surface area contributed by atoms with Gasteiger partial charge in [0.15, 0.2) is 16.4 Å². The van der Waals surface area contributed by atoms with Crippen LogP contribution in [0, 0.1) is 27.7 Å². The van der Waals surface area contributed by atoms with Crippen molar-refractivity contribution in [2.75, 3.05) is 18.1 Å². The molecule has 0 spiro atoms. The van der Waals surface area contributed by atoms with Crippen molar-refractivity contribution in [2.24, 2.45) is 0 Å². The molecular weight excluding hydrogens is 440 g/mol. The first-order chi connectivity index (χ1) is 14.5. The van der Waals surface area contributed by atoms with E-state index < -0.39 is 15.8 Å². The molecule has 0 bridgehead atoms. The lowest BCUT2D eigenvalue weighted by Crippen LogP contribution is -2.15. The van der Waals surface area contributed by atoms with Gasteiger partial charge in [0.05, 0.1) is 23.2 Å². The van der Waals surface area contributed by atoms with Crippen molar-refractivity contribution in [1.29, 1.82) is 0 Å². The predicted octanol–water partition coefficient (Wildman–Crippen LogP) is 3.57. The summed E-state index contributed by atoms with van der Waals surface area (Å²) in [7, 11) is -3.08. The third kappa shape index (κ3) is 5.25. The average Bonchev–Trinajstić information content (AvgIpc) is 3.16. The quantitative estimate of drug-likeness (QED) is 0.368. The molecule has 0 N–H and O–H groups in total. The number of hydrogen-bond acceptors (Lipinski definition) is 6. The van der Waals surface area contributed by atoms with Gasteiger partial charge >= 0.3 is 5.97 Å². The molecule has 1 aliphatic heterocycles. The molecule has 1 aromatic carbocycles. The number of rotatable bonds is 6. The predicted molar refractivity (Wildman–Crippen MR) is 119 cm³/mol. The van der Waals surface area contributed by atoms with Crippen LogP contribution >= 0.6 is 11.6 Å². The minimum atomic E-state index is -3.08. The SMILES string of the molecule is Cc1cc(C)c(C(=O)COC(=O)C=Cc2c(C)nn(C3CCS(=O)(=O)C3)c2Cl)c(C)c1. The van der Waals surface area contributed by atoms with Crippen LogP contribution in [-0.2, 0) is 19.4 Å². The average molecular weight is 465 g/mol. The summed E-state index contributed by atoms with van der Waals surface area (Å²) in [4.78, 5) is 24.6. The van der Waals surface area contributed by atoms with Gasteiger partial charge in [-0.05, 0) is 51.3 Å². The standard InChI is InChI=1S/C22H25ClN2O5S/c1-13-9-14(2)21(15(3)10-13)19(26)11-30-20(27)6-5-18-16(4)24-25(22(18)23)17-7-8-31(28,29)12-17/h5-6,9-10,17H,7-8,11-12H2,1-4H3. The van der Waals surface area contributed by atoms with Crippen LogP contribution in [0.25, 0.3) is 6.08 Å². The van der Waals surface area contributed by atoms with Gasteiger partial charge in [0.2, 0.25) is 5.78 Å². The molecule has 1 unspecified atom stereocenters. The summed E-state index contributed by atoms with van der Waals surface area (Å²) >= 11 is 6.39. The van der Waals surface area contributed by atoms with Crippen molar-refractivity contribution < 1.29 is 22.7 Å². The van der Waals surface area contributed by atoms with Crippen LogP contribution in [0.15, 0.2) is 18.2 Å². The number of sulfone groups is 1. The highest BCUT2D eigenvalue weighted by Gasteiger charge is 2.31. The number of carbonyl (C=O) groups is 2. The largest absolute Gasteiger partial charge is 0.454 e. The van der Waals surface area contributed by atoms with Crippen LogP contribution in [-0.4, -0.2) is 48.1 Å². The second kappa shape index (κ2) is 8.96. The normalized spacial score (nSPS) is 17.9. The minimum absolute atomic E-state index is 0.00100. The van der Waals surface area contributed by atoms with Crippen molar-refractivity contribution in [3.05, 3.63) is 56.9 Å². The number of halogens is 1. The second-order valence-corrected chi connectivity index (χ2v) is 10.5. The van der Waals surface area contributed by atoms with Crippen molar-refractivity contribution in [1.82, 2.24) is 9.78 Å². The Balaban J connectivity index is 1.66. The fraction of sp³-hybridized carbons (Fsp3) is 0.409. The summed E-state index contributed by atoms with van der Waals surface area (Å²) < 4.78 is 30.1. The number of esters is 1. The molecule has 0 aliphatic carbocycles. The monoisotopic (exact) mass is 464 g/mol. The van der Waals surface area contributed by atoms with E-state index in [9.17, 15) is 18.0 Å². The number of hydrogen-bond donors (Lipinski definition) is 0. The van der Waals surface area contributed by atoms with Crippen LogP contribution in [0.5, 0.6) is 0 Å². The molecule has 9 heteroatoms. The first-order valence-electron chi connectivity index (χ1n) is 9.89. The van der Waals surface area contributed by atoms with Crippen LogP contribution in [0.2, 0.25) is 5.15 Å². The van der Waals surface area contributed by atoms with Crippen molar-refractivity contribution in [3.8, 4) is 0 Å². The molecule has 1 aromatic heterocycles. The molecule has 166 valence electrons. The van der Waals surface area contributed by atoms with Gasteiger partial charge in [-0.2, -0.15) is 5.10 Å². The van der Waals surface area contributed by atoms with Gasteiger partial charge < -0.3 is 4.74 Å². The number of nitrogens with zero attached hydrogens (tertiary/aromatic N) is 2. The molecule has 1 saturated heterocycles. The Kier molecular flexibility index (Phi) is 6.71. The summed E-state index contributed by atoms with van der Waals surface area (Å²) in [6, 6.07) is 3.52. The van der Waals surface area contributed by atoms with Crippen molar-refractivity contribution in [2.45, 2.75) is 40.2 Å². The Bertz CT molecular complexity index is 1160. The van der Waals surface area contributed by atoms with Gasteiger partial charge in [-0.1, -0.05) is 29.3 Å². The zero-order valence-electron chi connectivity index (χ0n) is 17.9. The summed E-state index contributed by atoms with van der Waals surface area (Å²) in [5.41, 5.74) is 4.40. The van der Waals surface area contributed by atoms with Gasteiger partial charge in [0.1, 0.15) is 5.15 Å². The lowest BCUT2D eigenvalue weighted by molar-refractivity contribution is -0.136. The number of ketones is 1. The second-order valence-electron chi connectivity index (χ2n) is 7.93. The molecule has 7 nitrogen and oxygen atoms in total. The maximum Gasteiger partial charge on any atom is 0.331 e. The third-order valence-corrected chi connectivity index (χ3v) is 7.44. The number of benzene rings is 1. The molecule has 2 heterocycles. The van der Waals surface area contributed by atoms with Crippen LogP contribution in [0.1, 0.15) is 50.8 Å². The maximum atomic E-state index is 12.5. The zero-order valence-corrected chi connectivity index (χ0v) is 19.5. The van der Waals surface area contributed by atoms with Gasteiger partial charge in [0.25, 0.3) is 0 Å². The minimum Gasteiger partial charge on any atom is -0.454 e. The van der Waals surface area contributed by atoms with Crippen LogP contribution in [0.3, 0.4) is 0 Å². The van der Waals surface area contributed by atoms with Gasteiger partial charge in [-0.25, -0.2) is 17.9 Å². The maximum absolute atomic E-state index is 12.5. The first-order valence-corrected chi connectivity index (χ1v) is 12.1. The Labute approximate surface area is 187 Å². The molecule has 2 aromatic rings. The topological polar surface area (TPSA) is 95.3 Å². The Morgan fingerprint density at radius 2 is 1.87 bits per heavy atom. The van der Waals surface area contributed by atoms with Gasteiger partial charge in [-0.3, -0.25) is 4.79 Å². The van der Waals surface area contributed by atoms with Crippen LogP contribution in [0.4, 0.5) is 0 Å². The molecule has 0 amide bonds. The van der Waals surface area contributed by atoms with E-state index in [1.165, 1.54) is 16.8 Å². The van der Waals surface area contributed by atoms with E-state index in [2.05, 4.69) is 5.10 Å². The fourth-order valence-electron chi connectivity index (χ4n) is 3.96. The summed E-state index contributed by atoms with van der Waals surface area (Å²) in [6.45, 7) is 7.03. The summed E-state index contributed by atoms with van der Waals surface area (Å²) in [5, 5.41) is 4.61. The Hall–Kier alpha value is -2.45. The number of ether oxygens (including phenoxy) is 1. The van der Waals surface area contributed by atoms with E-state index in [1.54, 1.807) is 6.92 Å². The van der Waals surface area contributed by atoms with Crippen molar-refractivity contribution in [3.63, 3.8) is 0 Å². The lowest BCUT2D eigenvalue weighted by Gasteiger charge is -2.10. The van der Waals surface area contributed by atoms with Crippen LogP contribution < -0.4 is 0 Å². The smallest absolute Gasteiger partial charge is 0.331 e. The molecule has 1 atom stereocenters. The van der Waals surface area contributed by atoms with E-state index in [0.717, 1.165) is 16.7 Å².